The topological polar surface area (TPSA) is 91.1 Å². The van der Waals surface area contributed by atoms with Crippen LogP contribution in [0.15, 0.2) is 47.4 Å². The largest absolute Gasteiger partial charge is 0.345 e. The van der Waals surface area contributed by atoms with E-state index in [4.69, 9.17) is 0 Å². The lowest BCUT2D eigenvalue weighted by Gasteiger charge is -2.15. The Labute approximate surface area is 139 Å². The van der Waals surface area contributed by atoms with Crippen LogP contribution < -0.4 is 16.2 Å². The monoisotopic (exact) mass is 325 g/mol. The van der Waals surface area contributed by atoms with Crippen LogP contribution in [0.25, 0.3) is 0 Å². The molecular formula is C18H19N3O3. The molecule has 1 aliphatic rings. The number of nitrogens with one attached hydrogen (secondary N) is 3. The summed E-state index contributed by atoms with van der Waals surface area (Å²) in [5, 5.41) is 5.67. The fraction of sp³-hybridized carbons (Fsp3) is 0.278. The number of hydrogen-bond acceptors (Lipinski definition) is 3. The maximum Gasteiger partial charge on any atom is 0.260 e. The number of pyridine rings is 1. The van der Waals surface area contributed by atoms with Gasteiger partial charge in [-0.2, -0.15) is 0 Å². The van der Waals surface area contributed by atoms with E-state index in [0.717, 1.165) is 24.1 Å². The van der Waals surface area contributed by atoms with Gasteiger partial charge in [0.05, 0.1) is 6.04 Å². The highest BCUT2D eigenvalue weighted by Gasteiger charge is 2.29. The summed E-state index contributed by atoms with van der Waals surface area (Å²) in [4.78, 5) is 38.0. The van der Waals surface area contributed by atoms with E-state index in [1.165, 1.54) is 12.3 Å². The van der Waals surface area contributed by atoms with Crippen molar-refractivity contribution in [3.8, 4) is 0 Å². The summed E-state index contributed by atoms with van der Waals surface area (Å²) in [5.41, 5.74) is 1.30. The molecule has 1 fully saturated rings. The summed E-state index contributed by atoms with van der Waals surface area (Å²) in [6.45, 7) is 1.84. The van der Waals surface area contributed by atoms with Gasteiger partial charge in [-0.15, -0.1) is 0 Å². The van der Waals surface area contributed by atoms with Gasteiger partial charge >= 0.3 is 0 Å². The van der Waals surface area contributed by atoms with Crippen LogP contribution >= 0.6 is 0 Å². The molecule has 3 rings (SSSR count). The van der Waals surface area contributed by atoms with Crippen LogP contribution in [-0.2, 0) is 4.79 Å². The fourth-order valence-electron chi connectivity index (χ4n) is 2.40. The number of carbonyl (C=O) groups excluding carboxylic acids is 2. The number of aromatic amines is 1. The number of anilines is 1. The molecule has 2 aromatic rings. The van der Waals surface area contributed by atoms with E-state index in [0.29, 0.717) is 0 Å². The van der Waals surface area contributed by atoms with Crippen molar-refractivity contribution >= 4 is 17.5 Å². The molecular weight excluding hydrogens is 306 g/mol. The highest BCUT2D eigenvalue weighted by molar-refractivity contribution is 5.94. The van der Waals surface area contributed by atoms with Crippen LogP contribution in [-0.4, -0.2) is 16.8 Å². The third-order valence-electron chi connectivity index (χ3n) is 4.04. The van der Waals surface area contributed by atoms with Crippen molar-refractivity contribution < 1.29 is 9.59 Å². The van der Waals surface area contributed by atoms with Crippen LogP contribution in [0.4, 0.5) is 5.69 Å². The zero-order chi connectivity index (χ0) is 17.1. The number of H-pyrrole nitrogens is 1. The summed E-state index contributed by atoms with van der Waals surface area (Å²) in [6.07, 6.45) is 3.41. The van der Waals surface area contributed by atoms with Gasteiger partial charge in [0.2, 0.25) is 5.91 Å². The Morgan fingerprint density at radius 2 is 1.88 bits per heavy atom. The molecule has 124 valence electrons. The average molecular weight is 325 g/mol. The van der Waals surface area contributed by atoms with Crippen molar-refractivity contribution in [2.45, 2.75) is 25.8 Å². The number of benzene rings is 1. The SMILES string of the molecule is C[C@@H](NC(=O)c1ccc[nH]c1=O)c1ccc(NC(=O)C2CC2)cc1. The van der Waals surface area contributed by atoms with Crippen molar-refractivity contribution in [3.05, 3.63) is 64.1 Å². The van der Waals surface area contributed by atoms with Gasteiger partial charge in [-0.1, -0.05) is 12.1 Å². The second-order valence-electron chi connectivity index (χ2n) is 5.99. The summed E-state index contributed by atoms with van der Waals surface area (Å²) in [6, 6.07) is 10.2. The van der Waals surface area contributed by atoms with Gasteiger partial charge in [-0.05, 0) is 49.6 Å². The van der Waals surface area contributed by atoms with Crippen LogP contribution in [0.1, 0.15) is 41.7 Å². The van der Waals surface area contributed by atoms with Gasteiger partial charge in [-0.3, -0.25) is 14.4 Å². The molecule has 24 heavy (non-hydrogen) atoms. The Bertz CT molecular complexity index is 807. The van der Waals surface area contributed by atoms with E-state index in [-0.39, 0.29) is 23.4 Å². The molecule has 1 aliphatic carbocycles. The zero-order valence-corrected chi connectivity index (χ0v) is 13.3. The number of hydrogen-bond donors (Lipinski definition) is 3. The number of amides is 2. The molecule has 3 N–H and O–H groups in total. The molecule has 6 nitrogen and oxygen atoms in total. The molecule has 1 atom stereocenters. The molecule has 0 bridgehead atoms. The Hall–Kier alpha value is -2.89. The molecule has 1 saturated carbocycles. The molecule has 6 heteroatoms. The smallest absolute Gasteiger partial charge is 0.260 e. The van der Waals surface area contributed by atoms with Crippen LogP contribution in [0.2, 0.25) is 0 Å². The van der Waals surface area contributed by atoms with Crippen molar-refractivity contribution in [1.82, 2.24) is 10.3 Å². The highest BCUT2D eigenvalue weighted by Crippen LogP contribution is 2.30. The first-order valence-corrected chi connectivity index (χ1v) is 7.94. The summed E-state index contributed by atoms with van der Waals surface area (Å²) in [5.74, 6) is -0.199. The lowest BCUT2D eigenvalue weighted by molar-refractivity contribution is -0.117. The fourth-order valence-corrected chi connectivity index (χ4v) is 2.40. The third-order valence-corrected chi connectivity index (χ3v) is 4.04. The van der Waals surface area contributed by atoms with Gasteiger partial charge < -0.3 is 15.6 Å². The highest BCUT2D eigenvalue weighted by atomic mass is 16.2. The molecule has 0 saturated heterocycles. The van der Waals surface area contributed by atoms with Gasteiger partial charge in [0, 0.05) is 17.8 Å². The van der Waals surface area contributed by atoms with Gasteiger partial charge in [0.1, 0.15) is 5.56 Å². The minimum atomic E-state index is -0.421. The molecule has 1 aromatic carbocycles. The first-order chi connectivity index (χ1) is 11.5. The Balaban J connectivity index is 1.63. The van der Waals surface area contributed by atoms with Gasteiger partial charge in [-0.25, -0.2) is 0 Å². The second kappa shape index (κ2) is 6.70. The van der Waals surface area contributed by atoms with Gasteiger partial charge in [0.25, 0.3) is 11.5 Å². The van der Waals surface area contributed by atoms with E-state index in [9.17, 15) is 14.4 Å². The lowest BCUT2D eigenvalue weighted by atomic mass is 10.1. The quantitative estimate of drug-likeness (QED) is 0.787. The minimum absolute atomic E-state index is 0.0624. The molecule has 0 radical (unpaired) electrons. The molecule has 1 aromatic heterocycles. The normalized spacial score (nSPS) is 14.7. The second-order valence-corrected chi connectivity index (χ2v) is 5.99. The molecule has 2 amide bonds. The molecule has 0 spiro atoms. The zero-order valence-electron chi connectivity index (χ0n) is 13.3. The predicted octanol–water partition coefficient (Wildman–Crippen LogP) is 2.21. The number of carbonyl (C=O) groups is 2. The maximum absolute atomic E-state index is 12.2. The van der Waals surface area contributed by atoms with E-state index >= 15 is 0 Å². The first-order valence-electron chi connectivity index (χ1n) is 7.94. The van der Waals surface area contributed by atoms with E-state index < -0.39 is 11.5 Å². The molecule has 1 heterocycles. The Morgan fingerprint density at radius 1 is 1.17 bits per heavy atom. The summed E-state index contributed by atoms with van der Waals surface area (Å²) >= 11 is 0. The Morgan fingerprint density at radius 3 is 2.50 bits per heavy atom. The van der Waals surface area contributed by atoms with E-state index in [1.807, 2.05) is 31.2 Å². The third kappa shape index (κ3) is 3.71. The number of rotatable bonds is 5. The average Bonchev–Trinajstić information content (AvgIpc) is 3.40. The van der Waals surface area contributed by atoms with Crippen LogP contribution in [0.3, 0.4) is 0 Å². The number of aromatic nitrogens is 1. The first kappa shape index (κ1) is 16.0. The minimum Gasteiger partial charge on any atom is -0.345 e. The Kier molecular flexibility index (Phi) is 4.46. The summed E-state index contributed by atoms with van der Waals surface area (Å²) in [7, 11) is 0. The van der Waals surface area contributed by atoms with Crippen molar-refractivity contribution in [1.29, 1.82) is 0 Å². The van der Waals surface area contributed by atoms with E-state index in [2.05, 4.69) is 15.6 Å². The van der Waals surface area contributed by atoms with Crippen LogP contribution in [0.5, 0.6) is 0 Å². The van der Waals surface area contributed by atoms with Crippen molar-refractivity contribution in [2.75, 3.05) is 5.32 Å². The van der Waals surface area contributed by atoms with Gasteiger partial charge in [0.15, 0.2) is 0 Å². The molecule has 0 aliphatic heterocycles. The summed E-state index contributed by atoms with van der Waals surface area (Å²) < 4.78 is 0. The van der Waals surface area contributed by atoms with E-state index in [1.54, 1.807) is 6.07 Å². The predicted molar refractivity (Wildman–Crippen MR) is 90.7 cm³/mol. The van der Waals surface area contributed by atoms with Crippen molar-refractivity contribution in [3.63, 3.8) is 0 Å². The molecule has 0 unspecified atom stereocenters. The standard InChI is InChI=1S/C18H19N3O3/c1-11(20-18(24)15-3-2-10-19-17(15)23)12-6-8-14(9-7-12)21-16(22)13-4-5-13/h2-3,6-11,13H,4-5H2,1H3,(H,19,23)(H,20,24)(H,21,22)/t11-/m1/s1. The lowest BCUT2D eigenvalue weighted by Crippen LogP contribution is -2.31. The van der Waals surface area contributed by atoms with Crippen LogP contribution in [0, 0.1) is 5.92 Å². The maximum atomic E-state index is 12.2. The van der Waals surface area contributed by atoms with Crippen molar-refractivity contribution in [2.24, 2.45) is 5.92 Å².